The standard InChI is InChI=1S/C70H62B2N2O2S2/c1-67(2,3)39-21-25-53-45(29-39)46-30-40(68(4,5)6)22-26-54(46)73(53)43-33-59-65-63(35-43)77-61-38-62-52(37-51(61)71(65)49-17-13-15-19-57(49)75-59)72-50-18-14-16-20-58(50)76-60-34-44(36-64(78-62)66(60)72)74-55-27-23-41(69(7,8)9)31-47(55)48-32-42(70(10,11)12)24-28-56(48)74/h13-38H,1-12H3. The lowest BCUT2D eigenvalue weighted by atomic mass is 9.32. The van der Waals surface area contributed by atoms with Crippen LogP contribution in [0, 0.1) is 0 Å². The molecule has 9 aromatic carbocycles. The number of ether oxygens (including phenoxy) is 2. The van der Waals surface area contributed by atoms with E-state index in [2.05, 4.69) is 250 Å². The van der Waals surface area contributed by atoms with Crippen molar-refractivity contribution in [3.05, 3.63) is 180 Å². The quantitative estimate of drug-likeness (QED) is 0.161. The second kappa shape index (κ2) is 16.3. The van der Waals surface area contributed by atoms with Crippen molar-refractivity contribution in [3.8, 4) is 34.4 Å². The van der Waals surface area contributed by atoms with Crippen LogP contribution in [-0.4, -0.2) is 22.6 Å². The monoisotopic (exact) mass is 1050 g/mol. The predicted molar refractivity (Wildman–Crippen MR) is 333 cm³/mol. The second-order valence-corrected chi connectivity index (χ2v) is 28.8. The van der Waals surface area contributed by atoms with E-state index in [9.17, 15) is 0 Å². The Bertz CT molecular complexity index is 4040. The van der Waals surface area contributed by atoms with E-state index in [0.717, 1.165) is 34.4 Å². The van der Waals surface area contributed by atoms with Gasteiger partial charge in [0.1, 0.15) is 23.0 Å². The summed E-state index contributed by atoms with van der Waals surface area (Å²) in [6, 6.07) is 60.5. The summed E-state index contributed by atoms with van der Waals surface area (Å²) < 4.78 is 19.1. The average Bonchev–Trinajstić information content (AvgIpc) is 3.96. The van der Waals surface area contributed by atoms with Gasteiger partial charge < -0.3 is 18.6 Å². The zero-order chi connectivity index (χ0) is 53.7. The average molecular weight is 1050 g/mol. The summed E-state index contributed by atoms with van der Waals surface area (Å²) in [6.45, 7) is 27.7. The molecule has 4 nitrogen and oxygen atoms in total. The van der Waals surface area contributed by atoms with Crippen LogP contribution in [0.2, 0.25) is 0 Å². The van der Waals surface area contributed by atoms with Crippen LogP contribution in [0.15, 0.2) is 177 Å². The molecule has 4 aliphatic rings. The van der Waals surface area contributed by atoms with Gasteiger partial charge in [-0.1, -0.05) is 184 Å². The summed E-state index contributed by atoms with van der Waals surface area (Å²) in [5.74, 6) is 3.69. The largest absolute Gasteiger partial charge is 0.458 e. The molecule has 2 aromatic heterocycles. The highest BCUT2D eigenvalue weighted by atomic mass is 32.2. The third-order valence-corrected chi connectivity index (χ3v) is 19.6. The lowest BCUT2D eigenvalue weighted by Crippen LogP contribution is -2.62. The highest BCUT2D eigenvalue weighted by Gasteiger charge is 2.44. The summed E-state index contributed by atoms with van der Waals surface area (Å²) in [7, 11) is 0. The fraction of sp³-hybridized carbons (Fsp3) is 0.229. The fourth-order valence-corrected chi connectivity index (χ4v) is 15.6. The van der Waals surface area contributed by atoms with Crippen LogP contribution in [0.5, 0.6) is 23.0 Å². The maximum Gasteiger partial charge on any atom is 0.253 e. The van der Waals surface area contributed by atoms with Gasteiger partial charge in [0.05, 0.1) is 33.4 Å². The minimum absolute atomic E-state index is 0.00591. The first-order valence-electron chi connectivity index (χ1n) is 27.8. The zero-order valence-electron chi connectivity index (χ0n) is 46.7. The molecule has 0 saturated carbocycles. The van der Waals surface area contributed by atoms with Gasteiger partial charge in [-0.3, -0.25) is 0 Å². The molecule has 6 heterocycles. The first kappa shape index (κ1) is 48.2. The van der Waals surface area contributed by atoms with Crippen LogP contribution >= 0.6 is 23.5 Å². The Kier molecular flexibility index (Phi) is 10.1. The summed E-state index contributed by atoms with van der Waals surface area (Å²) in [4.78, 5) is 5.05. The van der Waals surface area contributed by atoms with Crippen LogP contribution in [0.3, 0.4) is 0 Å². The van der Waals surface area contributed by atoms with Gasteiger partial charge in [0.25, 0.3) is 13.4 Å². The third-order valence-electron chi connectivity index (χ3n) is 17.4. The number of hydrogen-bond donors (Lipinski definition) is 0. The second-order valence-electron chi connectivity index (χ2n) is 26.6. The number of rotatable bonds is 2. The molecule has 0 unspecified atom stereocenters. The maximum absolute atomic E-state index is 7.09. The van der Waals surface area contributed by atoms with E-state index in [0.29, 0.717) is 0 Å². The Balaban J connectivity index is 0.919. The number of para-hydroxylation sites is 2. The predicted octanol–water partition coefficient (Wildman–Crippen LogP) is 15.2. The van der Waals surface area contributed by atoms with Crippen molar-refractivity contribution in [1.82, 2.24) is 9.13 Å². The van der Waals surface area contributed by atoms with E-state index in [1.54, 1.807) is 0 Å². The van der Waals surface area contributed by atoms with E-state index in [1.165, 1.54) is 118 Å². The number of benzene rings is 9. The van der Waals surface area contributed by atoms with Gasteiger partial charge in [-0.2, -0.15) is 0 Å². The normalized spacial score (nSPS) is 14.5. The Hall–Kier alpha value is -6.99. The van der Waals surface area contributed by atoms with Crippen molar-refractivity contribution in [2.24, 2.45) is 0 Å². The summed E-state index contributed by atoms with van der Waals surface area (Å²) in [5, 5.41) is 5.13. The molecule has 0 N–H and O–H groups in total. The molecule has 382 valence electrons. The molecular weight excluding hydrogens is 987 g/mol. The van der Waals surface area contributed by atoms with Gasteiger partial charge in [0.2, 0.25) is 0 Å². The molecule has 78 heavy (non-hydrogen) atoms. The minimum Gasteiger partial charge on any atom is -0.458 e. The topological polar surface area (TPSA) is 28.3 Å². The lowest BCUT2D eigenvalue weighted by Gasteiger charge is -2.37. The summed E-state index contributed by atoms with van der Waals surface area (Å²) in [5.41, 5.74) is 20.0. The van der Waals surface area contributed by atoms with Crippen LogP contribution in [0.1, 0.15) is 105 Å². The number of nitrogens with zero attached hydrogens (tertiary/aromatic N) is 2. The molecule has 4 aliphatic heterocycles. The molecular formula is C70H62B2N2O2S2. The minimum atomic E-state index is -0.00591. The van der Waals surface area contributed by atoms with Crippen molar-refractivity contribution < 1.29 is 9.47 Å². The first-order chi connectivity index (χ1) is 37.2. The summed E-state index contributed by atoms with van der Waals surface area (Å²) >= 11 is 3.80. The molecule has 15 rings (SSSR count). The molecule has 0 radical (unpaired) electrons. The van der Waals surface area contributed by atoms with Gasteiger partial charge in [-0.25, -0.2) is 0 Å². The molecule has 8 heteroatoms. The van der Waals surface area contributed by atoms with Crippen LogP contribution in [0.4, 0.5) is 0 Å². The van der Waals surface area contributed by atoms with E-state index >= 15 is 0 Å². The van der Waals surface area contributed by atoms with Gasteiger partial charge in [0, 0.05) is 53.3 Å². The van der Waals surface area contributed by atoms with Crippen LogP contribution < -0.4 is 42.3 Å². The van der Waals surface area contributed by atoms with E-state index in [1.807, 2.05) is 23.5 Å². The number of aromatic nitrogens is 2. The Morgan fingerprint density at radius 2 is 0.654 bits per heavy atom. The first-order valence-corrected chi connectivity index (χ1v) is 29.4. The molecule has 0 amide bonds. The number of fused-ring (bicyclic) bond motifs is 14. The fourth-order valence-electron chi connectivity index (χ4n) is 13.1. The lowest BCUT2D eigenvalue weighted by molar-refractivity contribution is 0.486. The molecule has 0 aliphatic carbocycles. The Labute approximate surface area is 467 Å². The SMILES string of the molecule is CC(C)(C)c1ccc2c(c1)c1cc(C(C)(C)C)ccc1n2-c1cc2c3c(c1)Sc1cc4c(cc1B3c1ccccc1O2)B1c2ccccc2Oc2cc(-n3c5ccc(C(C)(C)C)cc5c5cc(C(C)(C)C)ccc53)cc(c21)S4. The zero-order valence-corrected chi connectivity index (χ0v) is 48.3. The Morgan fingerprint density at radius 3 is 0.987 bits per heavy atom. The van der Waals surface area contributed by atoms with Crippen molar-refractivity contribution in [2.45, 2.75) is 124 Å². The van der Waals surface area contributed by atoms with Crippen molar-refractivity contribution in [1.29, 1.82) is 0 Å². The van der Waals surface area contributed by atoms with Crippen molar-refractivity contribution in [3.63, 3.8) is 0 Å². The van der Waals surface area contributed by atoms with Gasteiger partial charge in [0.15, 0.2) is 0 Å². The highest BCUT2D eigenvalue weighted by Crippen LogP contribution is 2.46. The summed E-state index contributed by atoms with van der Waals surface area (Å²) in [6.07, 6.45) is 0. The van der Waals surface area contributed by atoms with E-state index in [-0.39, 0.29) is 35.1 Å². The van der Waals surface area contributed by atoms with Crippen molar-refractivity contribution >= 4 is 113 Å². The van der Waals surface area contributed by atoms with Crippen LogP contribution in [-0.2, 0) is 21.7 Å². The molecule has 11 aromatic rings. The molecule has 0 bridgehead atoms. The number of hydrogen-bond acceptors (Lipinski definition) is 4. The van der Waals surface area contributed by atoms with Gasteiger partial charge in [-0.05, 0) is 145 Å². The Morgan fingerprint density at radius 1 is 0.321 bits per heavy atom. The van der Waals surface area contributed by atoms with Crippen molar-refractivity contribution in [2.75, 3.05) is 0 Å². The third kappa shape index (κ3) is 7.17. The smallest absolute Gasteiger partial charge is 0.253 e. The molecule has 0 atom stereocenters. The van der Waals surface area contributed by atoms with E-state index in [4.69, 9.17) is 9.47 Å². The molecule has 0 saturated heterocycles. The molecule has 0 spiro atoms. The molecule has 0 fully saturated rings. The highest BCUT2D eigenvalue weighted by molar-refractivity contribution is 8.01. The maximum atomic E-state index is 7.09. The van der Waals surface area contributed by atoms with Crippen LogP contribution in [0.25, 0.3) is 55.0 Å². The van der Waals surface area contributed by atoms with E-state index < -0.39 is 0 Å². The van der Waals surface area contributed by atoms with Gasteiger partial charge in [-0.15, -0.1) is 0 Å². The van der Waals surface area contributed by atoms with Gasteiger partial charge >= 0.3 is 0 Å².